The van der Waals surface area contributed by atoms with Crippen LogP contribution in [0.3, 0.4) is 0 Å². The molecule has 0 amide bonds. The van der Waals surface area contributed by atoms with Crippen LogP contribution >= 0.6 is 0 Å². The lowest BCUT2D eigenvalue weighted by Gasteiger charge is -2.62. The van der Waals surface area contributed by atoms with Crippen molar-refractivity contribution in [1.29, 1.82) is 0 Å². The number of aromatic nitrogens is 2. The fourth-order valence-electron chi connectivity index (χ4n) is 8.84. The van der Waals surface area contributed by atoms with Crippen LogP contribution in [0.5, 0.6) is 0 Å². The van der Waals surface area contributed by atoms with E-state index in [1.165, 1.54) is 38.5 Å². The number of hydrogen-bond donors (Lipinski definition) is 1. The normalized spacial score (nSPS) is 47.9. The Kier molecular flexibility index (Phi) is 4.96. The van der Waals surface area contributed by atoms with Gasteiger partial charge in [0.2, 0.25) is 0 Å². The summed E-state index contributed by atoms with van der Waals surface area (Å²) in [6.45, 7) is 7.64. The molecule has 1 aromatic rings. The Labute approximate surface area is 181 Å². The summed E-state index contributed by atoms with van der Waals surface area (Å²) >= 11 is 0. The zero-order valence-electron chi connectivity index (χ0n) is 19.1. The number of hydrogen-bond acceptors (Lipinski definition) is 3. The van der Waals surface area contributed by atoms with Crippen molar-refractivity contribution in [2.45, 2.75) is 97.1 Å². The van der Waals surface area contributed by atoms with Gasteiger partial charge in [-0.15, -0.1) is 0 Å². The molecule has 8 atom stereocenters. The molecule has 4 fully saturated rings. The lowest BCUT2D eigenvalue weighted by Crippen LogP contribution is -2.56. The molecule has 1 heterocycles. The Bertz CT molecular complexity index is 791. The van der Waals surface area contributed by atoms with Gasteiger partial charge in [0.1, 0.15) is 0 Å². The Morgan fingerprint density at radius 2 is 1.87 bits per heavy atom. The summed E-state index contributed by atoms with van der Waals surface area (Å²) in [5, 5.41) is 11.0. The van der Waals surface area contributed by atoms with Gasteiger partial charge >= 0.3 is 0 Å². The number of imidazole rings is 1. The highest BCUT2D eigenvalue weighted by atomic mass is 16.3. The predicted octanol–water partition coefficient (Wildman–Crippen LogP) is 5.25. The van der Waals surface area contributed by atoms with E-state index in [9.17, 15) is 9.90 Å². The topological polar surface area (TPSA) is 55.1 Å². The molecule has 5 rings (SSSR count). The zero-order valence-corrected chi connectivity index (χ0v) is 19.1. The Hall–Kier alpha value is -1.16. The van der Waals surface area contributed by atoms with E-state index in [0.29, 0.717) is 29.6 Å². The van der Waals surface area contributed by atoms with Crippen LogP contribution in [-0.2, 0) is 11.3 Å². The van der Waals surface area contributed by atoms with Gasteiger partial charge in [-0.3, -0.25) is 4.79 Å². The molecule has 4 aliphatic carbocycles. The largest absolute Gasteiger partial charge is 0.390 e. The third kappa shape index (κ3) is 3.04. The maximum Gasteiger partial charge on any atom is 0.156 e. The van der Waals surface area contributed by atoms with Crippen LogP contribution in [0.25, 0.3) is 0 Å². The van der Waals surface area contributed by atoms with Gasteiger partial charge in [-0.2, -0.15) is 0 Å². The van der Waals surface area contributed by atoms with Crippen LogP contribution in [0, 0.1) is 40.4 Å². The van der Waals surface area contributed by atoms with Crippen LogP contribution in [0.2, 0.25) is 0 Å². The summed E-state index contributed by atoms with van der Waals surface area (Å²) in [6.07, 6.45) is 16.9. The van der Waals surface area contributed by atoms with Crippen LogP contribution < -0.4 is 0 Å². The highest BCUT2D eigenvalue weighted by molar-refractivity contribution is 5.82. The molecule has 1 aromatic heterocycles. The van der Waals surface area contributed by atoms with Gasteiger partial charge in [0.25, 0.3) is 0 Å². The highest BCUT2D eigenvalue weighted by Gasteiger charge is 2.61. The number of carbonyl (C=O) groups is 1. The minimum Gasteiger partial charge on any atom is -0.390 e. The van der Waals surface area contributed by atoms with E-state index in [2.05, 4.69) is 25.8 Å². The number of rotatable bonds is 4. The van der Waals surface area contributed by atoms with Gasteiger partial charge in [0, 0.05) is 18.3 Å². The summed E-state index contributed by atoms with van der Waals surface area (Å²) in [6, 6.07) is 0. The van der Waals surface area contributed by atoms with Gasteiger partial charge in [0.05, 0.1) is 18.5 Å². The molecule has 0 unspecified atom stereocenters. The molecule has 30 heavy (non-hydrogen) atoms. The molecule has 4 nitrogen and oxygen atoms in total. The first-order valence-electron chi connectivity index (χ1n) is 12.5. The fourth-order valence-corrected chi connectivity index (χ4v) is 8.84. The van der Waals surface area contributed by atoms with E-state index in [-0.39, 0.29) is 11.3 Å². The molecule has 0 radical (unpaired) electrons. The molecule has 166 valence electrons. The smallest absolute Gasteiger partial charge is 0.156 e. The van der Waals surface area contributed by atoms with E-state index in [1.807, 2.05) is 10.8 Å². The third-order valence-corrected chi connectivity index (χ3v) is 10.8. The van der Waals surface area contributed by atoms with Crippen molar-refractivity contribution in [3.8, 4) is 0 Å². The van der Waals surface area contributed by atoms with Crippen LogP contribution in [0.4, 0.5) is 0 Å². The van der Waals surface area contributed by atoms with Crippen molar-refractivity contribution >= 4 is 5.78 Å². The first-order valence-corrected chi connectivity index (χ1v) is 12.5. The van der Waals surface area contributed by atoms with E-state index < -0.39 is 5.60 Å². The highest BCUT2D eigenvalue weighted by Crippen LogP contribution is 2.68. The minimum absolute atomic E-state index is 0.181. The third-order valence-electron chi connectivity index (χ3n) is 10.8. The lowest BCUT2D eigenvalue weighted by molar-refractivity contribution is -0.154. The second-order valence-corrected chi connectivity index (χ2v) is 11.8. The lowest BCUT2D eigenvalue weighted by atomic mass is 9.43. The number of nitrogens with zero attached hydrogens (tertiary/aromatic N) is 2. The zero-order chi connectivity index (χ0) is 21.1. The number of fused-ring (bicyclic) bond motifs is 5. The average molecular weight is 413 g/mol. The van der Waals surface area contributed by atoms with Crippen molar-refractivity contribution in [2.75, 3.05) is 0 Å². The maximum absolute atomic E-state index is 13.3. The standard InChI is InChI=1S/C26H40N2O2/c1-4-26(30)12-11-24(2)18(15-26)5-6-19-20-7-8-22(25(20,3)10-9-21(19)24)23(29)16-28-14-13-27-17-28/h13-14,17-22,30H,4-12,15-16H2,1-3H3/t18-,19-,20-,21-,22+,24-,25-,26+/m0/s1. The van der Waals surface area contributed by atoms with Crippen molar-refractivity contribution in [3.05, 3.63) is 18.7 Å². The SMILES string of the molecule is CC[C@@]1(O)CC[C@@]2(C)[C@@H](CC[C@@H]3[C@@H]2CC[C@]2(C)[C@@H](C(=O)Cn4ccnc4)CC[C@@H]32)C1. The van der Waals surface area contributed by atoms with Crippen molar-refractivity contribution < 1.29 is 9.90 Å². The molecule has 0 aliphatic heterocycles. The van der Waals surface area contributed by atoms with Crippen LogP contribution in [0.15, 0.2) is 18.7 Å². The van der Waals surface area contributed by atoms with Crippen LogP contribution in [0.1, 0.15) is 85.0 Å². The molecule has 1 N–H and O–H groups in total. The second-order valence-electron chi connectivity index (χ2n) is 11.8. The van der Waals surface area contributed by atoms with E-state index in [1.54, 1.807) is 12.5 Å². The van der Waals surface area contributed by atoms with Gasteiger partial charge in [-0.1, -0.05) is 20.8 Å². The number of aliphatic hydroxyl groups is 1. The summed E-state index contributed by atoms with van der Waals surface area (Å²) in [4.78, 5) is 17.4. The van der Waals surface area contributed by atoms with E-state index in [4.69, 9.17) is 0 Å². The summed E-state index contributed by atoms with van der Waals surface area (Å²) in [5.74, 6) is 3.59. The molecular formula is C26H40N2O2. The first-order chi connectivity index (χ1) is 14.3. The monoisotopic (exact) mass is 412 g/mol. The van der Waals surface area contributed by atoms with Gasteiger partial charge in [-0.05, 0) is 98.7 Å². The molecular weight excluding hydrogens is 372 g/mol. The Balaban J connectivity index is 1.34. The van der Waals surface area contributed by atoms with Gasteiger partial charge in [-0.25, -0.2) is 4.98 Å². The van der Waals surface area contributed by atoms with E-state index >= 15 is 0 Å². The average Bonchev–Trinajstić information content (AvgIpc) is 3.35. The van der Waals surface area contributed by atoms with Crippen molar-refractivity contribution in [2.24, 2.45) is 40.4 Å². The second kappa shape index (κ2) is 7.18. The molecule has 4 heteroatoms. The molecule has 0 saturated heterocycles. The molecule has 0 spiro atoms. The number of Topliss-reactive ketones (excluding diaryl/α,β-unsaturated/α-hetero) is 1. The van der Waals surface area contributed by atoms with E-state index in [0.717, 1.165) is 37.5 Å². The fraction of sp³-hybridized carbons (Fsp3) is 0.846. The Morgan fingerprint density at radius 3 is 2.60 bits per heavy atom. The number of ketones is 1. The molecule has 4 saturated carbocycles. The number of carbonyl (C=O) groups excluding carboxylic acids is 1. The quantitative estimate of drug-likeness (QED) is 0.734. The summed E-state index contributed by atoms with van der Waals surface area (Å²) < 4.78 is 1.94. The van der Waals surface area contributed by atoms with Crippen molar-refractivity contribution in [1.82, 2.24) is 9.55 Å². The first kappa shape index (κ1) is 20.7. The van der Waals surface area contributed by atoms with Gasteiger partial charge in [0.15, 0.2) is 5.78 Å². The maximum atomic E-state index is 13.3. The predicted molar refractivity (Wildman–Crippen MR) is 118 cm³/mol. The summed E-state index contributed by atoms with van der Waals surface area (Å²) in [5.41, 5.74) is 0.157. The summed E-state index contributed by atoms with van der Waals surface area (Å²) in [7, 11) is 0. The van der Waals surface area contributed by atoms with Gasteiger partial charge < -0.3 is 9.67 Å². The molecule has 4 aliphatic rings. The van der Waals surface area contributed by atoms with Crippen molar-refractivity contribution in [3.63, 3.8) is 0 Å². The molecule has 0 bridgehead atoms. The minimum atomic E-state index is -0.418. The molecule has 0 aromatic carbocycles. The Morgan fingerprint density at radius 1 is 1.07 bits per heavy atom. The van der Waals surface area contributed by atoms with Crippen LogP contribution in [-0.4, -0.2) is 26.0 Å².